The van der Waals surface area contributed by atoms with Gasteiger partial charge in [-0.05, 0) is 63.5 Å². The molecular formula is C26H36ClN5O2. The minimum Gasteiger partial charge on any atom is -0.390 e. The maximum Gasteiger partial charge on any atom is 0.103 e. The highest BCUT2D eigenvalue weighted by Gasteiger charge is 2.69. The Morgan fingerprint density at radius 1 is 1.18 bits per heavy atom. The fourth-order valence-corrected chi connectivity index (χ4v) is 6.47. The van der Waals surface area contributed by atoms with E-state index in [2.05, 4.69) is 53.2 Å². The average Bonchev–Trinajstić information content (AvgIpc) is 3.38. The molecule has 0 spiro atoms. The molecule has 2 N–H and O–H groups in total. The van der Waals surface area contributed by atoms with Gasteiger partial charge in [0.2, 0.25) is 0 Å². The van der Waals surface area contributed by atoms with Crippen LogP contribution in [0.1, 0.15) is 53.4 Å². The molecule has 7 nitrogen and oxygen atoms in total. The molecule has 184 valence electrons. The van der Waals surface area contributed by atoms with Crippen LogP contribution in [0, 0.1) is 17.3 Å². The summed E-state index contributed by atoms with van der Waals surface area (Å²) in [6.45, 7) is 9.86. The molecule has 1 aromatic carbocycles. The molecule has 2 unspecified atom stereocenters. The van der Waals surface area contributed by atoms with Crippen molar-refractivity contribution < 1.29 is 9.84 Å². The molecule has 4 aliphatic rings. The molecule has 4 fully saturated rings. The number of hydrogen-bond acceptors (Lipinski definition) is 5. The topological polar surface area (TPSA) is 77.1 Å². The molecule has 2 aromatic heterocycles. The molecule has 3 aromatic rings. The number of fused-ring (bicyclic) bond motifs is 1. The van der Waals surface area contributed by atoms with E-state index in [-0.39, 0.29) is 11.1 Å². The molecule has 34 heavy (non-hydrogen) atoms. The zero-order chi connectivity index (χ0) is 24.3. The Labute approximate surface area is 206 Å². The number of methoxy groups -OCH3 is 1. The van der Waals surface area contributed by atoms with Crippen molar-refractivity contribution >= 4 is 28.2 Å². The van der Waals surface area contributed by atoms with Crippen molar-refractivity contribution in [3.63, 3.8) is 0 Å². The number of hydrogen-bond donors (Lipinski definition) is 2. The first-order chi connectivity index (χ1) is 16.1. The first kappa shape index (κ1) is 23.6. The second kappa shape index (κ2) is 8.25. The first-order valence-corrected chi connectivity index (χ1v) is 12.7. The van der Waals surface area contributed by atoms with Crippen LogP contribution in [-0.4, -0.2) is 50.5 Å². The summed E-state index contributed by atoms with van der Waals surface area (Å²) in [7, 11) is 1.79. The smallest absolute Gasteiger partial charge is 0.103 e. The predicted molar refractivity (Wildman–Crippen MR) is 136 cm³/mol. The van der Waals surface area contributed by atoms with E-state index in [0.717, 1.165) is 54.7 Å². The Balaban J connectivity index is 0.000000257. The first-order valence-electron chi connectivity index (χ1n) is 12.3. The Morgan fingerprint density at radius 2 is 1.88 bits per heavy atom. The number of nitrogens with zero attached hydrogens (tertiary/aromatic N) is 4. The molecule has 8 heteroatoms. The van der Waals surface area contributed by atoms with Gasteiger partial charge in [0.25, 0.3) is 0 Å². The summed E-state index contributed by atoms with van der Waals surface area (Å²) in [6, 6.07) is 4.01. The van der Waals surface area contributed by atoms with E-state index < -0.39 is 0 Å². The normalized spacial score (nSPS) is 33.4. The number of ether oxygens (including phenoxy) is 1. The van der Waals surface area contributed by atoms with E-state index in [1.54, 1.807) is 7.11 Å². The van der Waals surface area contributed by atoms with Gasteiger partial charge in [0.15, 0.2) is 0 Å². The van der Waals surface area contributed by atoms with Crippen LogP contribution in [0.25, 0.3) is 16.6 Å². The van der Waals surface area contributed by atoms with Crippen LogP contribution in [0.15, 0.2) is 30.7 Å². The minimum atomic E-state index is -0.361. The Morgan fingerprint density at radius 3 is 2.44 bits per heavy atom. The van der Waals surface area contributed by atoms with E-state index in [0.29, 0.717) is 22.3 Å². The second-order valence-electron chi connectivity index (χ2n) is 11.1. The maximum atomic E-state index is 9.45. The Bertz CT molecular complexity index is 1170. The molecule has 0 amide bonds. The van der Waals surface area contributed by atoms with Gasteiger partial charge >= 0.3 is 0 Å². The van der Waals surface area contributed by atoms with Gasteiger partial charge < -0.3 is 15.2 Å². The van der Waals surface area contributed by atoms with Gasteiger partial charge in [-0.2, -0.15) is 10.2 Å². The van der Waals surface area contributed by atoms with Crippen molar-refractivity contribution in [3.8, 4) is 5.69 Å². The van der Waals surface area contributed by atoms with Crippen LogP contribution in [-0.2, 0) is 10.3 Å². The molecule has 4 saturated carbocycles. The van der Waals surface area contributed by atoms with Crippen molar-refractivity contribution in [2.75, 3.05) is 25.6 Å². The third-order valence-corrected chi connectivity index (χ3v) is 8.90. The molecule has 2 heterocycles. The van der Waals surface area contributed by atoms with Crippen LogP contribution < -0.4 is 5.32 Å². The van der Waals surface area contributed by atoms with Gasteiger partial charge in [-0.1, -0.05) is 25.4 Å². The van der Waals surface area contributed by atoms with E-state index in [1.807, 2.05) is 30.1 Å². The summed E-state index contributed by atoms with van der Waals surface area (Å²) in [5.74, 6) is 1.02. The lowest BCUT2D eigenvalue weighted by molar-refractivity contribution is -0.217. The highest BCUT2D eigenvalue weighted by atomic mass is 35.5. The quantitative estimate of drug-likeness (QED) is 0.499. The van der Waals surface area contributed by atoms with Crippen molar-refractivity contribution in [1.82, 2.24) is 19.6 Å². The number of benzene rings is 1. The largest absolute Gasteiger partial charge is 0.390 e. The van der Waals surface area contributed by atoms with Crippen LogP contribution in [0.4, 0.5) is 5.69 Å². The Kier molecular flexibility index (Phi) is 5.73. The van der Waals surface area contributed by atoms with Crippen molar-refractivity contribution in [3.05, 3.63) is 35.7 Å². The van der Waals surface area contributed by atoms with Crippen molar-refractivity contribution in [2.24, 2.45) is 17.3 Å². The van der Waals surface area contributed by atoms with Gasteiger partial charge in [-0.3, -0.25) is 4.68 Å². The number of anilines is 1. The number of aliphatic hydroxyl groups is 1. The second-order valence-corrected chi connectivity index (χ2v) is 11.5. The monoisotopic (exact) mass is 485 g/mol. The van der Waals surface area contributed by atoms with E-state index in [9.17, 15) is 5.11 Å². The summed E-state index contributed by atoms with van der Waals surface area (Å²) in [5, 5.41) is 23.7. The third kappa shape index (κ3) is 3.64. The fraction of sp³-hybridized carbons (Fsp3) is 0.615. The van der Waals surface area contributed by atoms with Gasteiger partial charge in [0.1, 0.15) is 5.69 Å². The van der Waals surface area contributed by atoms with Gasteiger partial charge in [-0.25, -0.2) is 4.68 Å². The molecule has 0 saturated heterocycles. The van der Waals surface area contributed by atoms with Crippen molar-refractivity contribution in [1.29, 1.82) is 0 Å². The van der Waals surface area contributed by atoms with E-state index in [4.69, 9.17) is 16.3 Å². The van der Waals surface area contributed by atoms with Gasteiger partial charge in [0, 0.05) is 24.5 Å². The number of rotatable bonds is 6. The molecule has 0 radical (unpaired) electrons. The van der Waals surface area contributed by atoms with Crippen molar-refractivity contribution in [2.45, 2.75) is 64.5 Å². The van der Waals surface area contributed by atoms with E-state index >= 15 is 0 Å². The summed E-state index contributed by atoms with van der Waals surface area (Å²) < 4.78 is 9.43. The SMILES string of the molecule is CC1CC(C)C1(C)O.CCNc1cc2c(cnn2-c2cnn(C34CC(COC)(C3)C4)c2)cc1Cl. The zero-order valence-corrected chi connectivity index (χ0v) is 21.6. The molecule has 7 rings (SSSR count). The lowest BCUT2D eigenvalue weighted by Crippen LogP contribution is -2.69. The zero-order valence-electron chi connectivity index (χ0n) is 20.8. The maximum absolute atomic E-state index is 9.45. The standard InChI is InChI=1S/C19H22ClN5O.C7H14O/c1-3-21-16-5-17-13(4-15(16)20)6-23-25(17)14-7-22-24(8-14)19-9-18(10-19,11-19)12-26-2;1-5-4-6(2)7(5,3)8/h4-8,21H,3,9-12H2,1-2H3;5-6,8H,4H2,1-3H3. The summed E-state index contributed by atoms with van der Waals surface area (Å²) in [4.78, 5) is 0. The third-order valence-electron chi connectivity index (χ3n) is 8.59. The lowest BCUT2D eigenvalue weighted by atomic mass is 9.39. The molecule has 0 aliphatic heterocycles. The minimum absolute atomic E-state index is 0.192. The molecule has 2 bridgehead atoms. The summed E-state index contributed by atoms with van der Waals surface area (Å²) in [6.07, 6.45) is 10.5. The molecular weight excluding hydrogens is 450 g/mol. The van der Waals surface area contributed by atoms with Crippen LogP contribution in [0.5, 0.6) is 0 Å². The van der Waals surface area contributed by atoms with E-state index in [1.165, 1.54) is 6.42 Å². The highest BCUT2D eigenvalue weighted by Crippen LogP contribution is 2.71. The lowest BCUT2D eigenvalue weighted by Gasteiger charge is -2.70. The van der Waals surface area contributed by atoms with Gasteiger partial charge in [-0.15, -0.1) is 0 Å². The molecule has 2 atom stereocenters. The average molecular weight is 486 g/mol. The Hall–Kier alpha value is -2.09. The number of halogens is 1. The van der Waals surface area contributed by atoms with Gasteiger partial charge in [0.05, 0.1) is 52.6 Å². The van der Waals surface area contributed by atoms with Crippen LogP contribution in [0.3, 0.4) is 0 Å². The van der Waals surface area contributed by atoms with Crippen LogP contribution in [0.2, 0.25) is 5.02 Å². The number of nitrogens with one attached hydrogen (secondary N) is 1. The summed E-state index contributed by atoms with van der Waals surface area (Å²) in [5.41, 5.74) is 3.17. The fourth-order valence-electron chi connectivity index (χ4n) is 6.23. The molecule has 4 aliphatic carbocycles. The summed E-state index contributed by atoms with van der Waals surface area (Å²) >= 11 is 6.35. The highest BCUT2D eigenvalue weighted by molar-refractivity contribution is 6.34. The van der Waals surface area contributed by atoms with Crippen LogP contribution >= 0.6 is 11.6 Å². The number of aromatic nitrogens is 4. The predicted octanol–water partition coefficient (Wildman–Crippen LogP) is 5.25.